The highest BCUT2D eigenvalue weighted by Crippen LogP contribution is 2.38. The summed E-state index contributed by atoms with van der Waals surface area (Å²) in [6.45, 7) is 1.71. The Bertz CT molecular complexity index is 1000. The summed E-state index contributed by atoms with van der Waals surface area (Å²) < 4.78 is 11.0. The monoisotopic (exact) mass is 401 g/mol. The molecule has 1 saturated carbocycles. The molecule has 9 heteroatoms. The van der Waals surface area contributed by atoms with Crippen LogP contribution in [0.15, 0.2) is 27.1 Å². The summed E-state index contributed by atoms with van der Waals surface area (Å²) in [6.07, 6.45) is 3.72. The van der Waals surface area contributed by atoms with Crippen molar-refractivity contribution in [3.8, 4) is 0 Å². The number of hydrogen-bond acceptors (Lipinski definition) is 7. The summed E-state index contributed by atoms with van der Waals surface area (Å²) >= 11 is 6.00. The van der Waals surface area contributed by atoms with E-state index in [9.17, 15) is 4.79 Å². The number of anilines is 1. The summed E-state index contributed by atoms with van der Waals surface area (Å²) in [4.78, 5) is 23.4. The number of nitrogens with zero attached hydrogens (tertiary/aromatic N) is 4. The molecule has 0 spiro atoms. The minimum absolute atomic E-state index is 0.0233. The maximum Gasteiger partial charge on any atom is 0.298 e. The summed E-state index contributed by atoms with van der Waals surface area (Å²) in [5.74, 6) is 1.66. The van der Waals surface area contributed by atoms with Crippen molar-refractivity contribution >= 4 is 34.6 Å². The van der Waals surface area contributed by atoms with E-state index in [1.54, 1.807) is 12.1 Å². The summed E-state index contributed by atoms with van der Waals surface area (Å²) in [7, 11) is 0. The third kappa shape index (κ3) is 3.56. The van der Waals surface area contributed by atoms with Crippen molar-refractivity contribution in [3.63, 3.8) is 0 Å². The molecule has 1 saturated heterocycles. The van der Waals surface area contributed by atoms with Crippen molar-refractivity contribution in [2.75, 3.05) is 18.0 Å². The lowest BCUT2D eigenvalue weighted by molar-refractivity contribution is -0.125. The zero-order valence-electron chi connectivity index (χ0n) is 15.2. The first-order chi connectivity index (χ1) is 13.7. The van der Waals surface area contributed by atoms with Crippen LogP contribution in [0.5, 0.6) is 0 Å². The molecule has 1 aromatic carbocycles. The number of benzene rings is 1. The molecule has 8 nitrogen and oxygen atoms in total. The minimum atomic E-state index is -0.0408. The van der Waals surface area contributed by atoms with E-state index in [1.165, 1.54) is 0 Å². The highest BCUT2D eigenvalue weighted by atomic mass is 35.5. The molecule has 2 aromatic heterocycles. The van der Waals surface area contributed by atoms with Gasteiger partial charge in [-0.25, -0.2) is 0 Å². The van der Waals surface area contributed by atoms with Crippen LogP contribution >= 0.6 is 11.6 Å². The number of rotatable bonds is 5. The predicted octanol–water partition coefficient (Wildman–Crippen LogP) is 3.27. The van der Waals surface area contributed by atoms with Gasteiger partial charge in [-0.3, -0.25) is 4.79 Å². The van der Waals surface area contributed by atoms with E-state index in [0.29, 0.717) is 41.5 Å². The van der Waals surface area contributed by atoms with Crippen molar-refractivity contribution < 1.29 is 13.7 Å². The van der Waals surface area contributed by atoms with Crippen LogP contribution in [-0.2, 0) is 11.3 Å². The molecule has 3 heterocycles. The fourth-order valence-corrected chi connectivity index (χ4v) is 3.67. The van der Waals surface area contributed by atoms with Crippen LogP contribution in [0, 0.1) is 5.92 Å². The zero-order chi connectivity index (χ0) is 19.1. The minimum Gasteiger partial charge on any atom is -0.423 e. The van der Waals surface area contributed by atoms with Gasteiger partial charge in [0.05, 0.1) is 6.54 Å². The number of amides is 1. The van der Waals surface area contributed by atoms with Gasteiger partial charge >= 0.3 is 0 Å². The number of piperidine rings is 1. The molecule has 1 aliphatic carbocycles. The Morgan fingerprint density at radius 1 is 1.21 bits per heavy atom. The van der Waals surface area contributed by atoms with Crippen molar-refractivity contribution in [1.82, 2.24) is 20.4 Å². The Hall–Kier alpha value is -2.61. The number of aromatic nitrogens is 3. The molecule has 0 unspecified atom stereocenters. The second kappa shape index (κ2) is 7.09. The van der Waals surface area contributed by atoms with Gasteiger partial charge < -0.3 is 19.2 Å². The van der Waals surface area contributed by atoms with Crippen molar-refractivity contribution in [1.29, 1.82) is 0 Å². The molecule has 2 fully saturated rings. The van der Waals surface area contributed by atoms with Crippen molar-refractivity contribution in [2.45, 2.75) is 38.1 Å². The normalized spacial score (nSPS) is 18.0. The average Bonchev–Trinajstić information content (AvgIpc) is 3.30. The topological polar surface area (TPSA) is 97.3 Å². The summed E-state index contributed by atoms with van der Waals surface area (Å²) in [5.41, 5.74) is 1.46. The van der Waals surface area contributed by atoms with Gasteiger partial charge in [-0.15, -0.1) is 0 Å². The fourth-order valence-electron chi connectivity index (χ4n) is 3.51. The number of carbonyl (C=O) groups excluding carboxylic acids is 1. The van der Waals surface area contributed by atoms with E-state index in [-0.39, 0.29) is 18.4 Å². The van der Waals surface area contributed by atoms with E-state index < -0.39 is 0 Å². The third-order valence-corrected chi connectivity index (χ3v) is 5.55. The Balaban J connectivity index is 1.15. The highest BCUT2D eigenvalue weighted by Gasteiger charge is 2.30. The molecular formula is C19H20ClN5O3. The number of nitrogens with one attached hydrogen (secondary N) is 1. The van der Waals surface area contributed by atoms with E-state index in [2.05, 4.69) is 25.3 Å². The van der Waals surface area contributed by atoms with Crippen LogP contribution in [0.1, 0.15) is 43.3 Å². The van der Waals surface area contributed by atoms with E-state index in [1.807, 2.05) is 6.07 Å². The van der Waals surface area contributed by atoms with E-state index >= 15 is 0 Å². The zero-order valence-corrected chi connectivity index (χ0v) is 16.0. The number of fused-ring (bicyclic) bond motifs is 1. The Morgan fingerprint density at radius 2 is 2.04 bits per heavy atom. The lowest BCUT2D eigenvalue weighted by atomic mass is 9.96. The molecule has 2 aliphatic rings. The SMILES string of the molecule is O=C(NCc1nc(C2CC2)no1)C1CCN(c2nc3ccc(Cl)cc3o2)CC1. The van der Waals surface area contributed by atoms with Crippen LogP contribution in [0.2, 0.25) is 5.02 Å². The molecule has 1 aliphatic heterocycles. The average molecular weight is 402 g/mol. The lowest BCUT2D eigenvalue weighted by Gasteiger charge is -2.29. The van der Waals surface area contributed by atoms with Gasteiger partial charge in [0.1, 0.15) is 5.52 Å². The number of carbonyl (C=O) groups is 1. The first-order valence-electron chi connectivity index (χ1n) is 9.57. The molecule has 28 heavy (non-hydrogen) atoms. The molecule has 0 atom stereocenters. The van der Waals surface area contributed by atoms with Crippen molar-refractivity contribution in [3.05, 3.63) is 34.9 Å². The predicted molar refractivity (Wildman–Crippen MR) is 102 cm³/mol. The van der Waals surface area contributed by atoms with Crippen LogP contribution in [0.4, 0.5) is 6.01 Å². The number of hydrogen-bond donors (Lipinski definition) is 1. The highest BCUT2D eigenvalue weighted by molar-refractivity contribution is 6.31. The smallest absolute Gasteiger partial charge is 0.298 e. The number of halogens is 1. The molecule has 1 amide bonds. The molecular weight excluding hydrogens is 382 g/mol. The first kappa shape index (κ1) is 17.5. The molecule has 146 valence electrons. The summed E-state index contributed by atoms with van der Waals surface area (Å²) in [5, 5.41) is 7.50. The Labute approximate surface area is 166 Å². The van der Waals surface area contributed by atoms with Crippen LogP contribution in [0.3, 0.4) is 0 Å². The van der Waals surface area contributed by atoms with Gasteiger partial charge in [0.25, 0.3) is 6.01 Å². The lowest BCUT2D eigenvalue weighted by Crippen LogP contribution is -2.40. The second-order valence-electron chi connectivity index (χ2n) is 7.41. The summed E-state index contributed by atoms with van der Waals surface area (Å²) in [6, 6.07) is 5.98. The van der Waals surface area contributed by atoms with E-state index in [0.717, 1.165) is 37.0 Å². The van der Waals surface area contributed by atoms with Gasteiger partial charge in [-0.2, -0.15) is 9.97 Å². The van der Waals surface area contributed by atoms with Gasteiger partial charge in [-0.1, -0.05) is 16.8 Å². The molecule has 0 radical (unpaired) electrons. The third-order valence-electron chi connectivity index (χ3n) is 5.32. The molecule has 0 bridgehead atoms. The largest absolute Gasteiger partial charge is 0.423 e. The van der Waals surface area contributed by atoms with Crippen LogP contribution < -0.4 is 10.2 Å². The van der Waals surface area contributed by atoms with Crippen LogP contribution in [0.25, 0.3) is 11.1 Å². The fraction of sp³-hybridized carbons (Fsp3) is 0.474. The van der Waals surface area contributed by atoms with Gasteiger partial charge in [-0.05, 0) is 37.8 Å². The van der Waals surface area contributed by atoms with Crippen molar-refractivity contribution in [2.24, 2.45) is 5.92 Å². The maximum atomic E-state index is 12.5. The molecule has 5 rings (SSSR count). The first-order valence-corrected chi connectivity index (χ1v) is 9.95. The van der Waals surface area contributed by atoms with E-state index in [4.69, 9.17) is 20.5 Å². The molecule has 1 N–H and O–H groups in total. The Kier molecular flexibility index (Phi) is 4.43. The Morgan fingerprint density at radius 3 is 2.82 bits per heavy atom. The quantitative estimate of drug-likeness (QED) is 0.700. The van der Waals surface area contributed by atoms with Gasteiger partial charge in [0.15, 0.2) is 11.4 Å². The molecule has 3 aromatic rings. The van der Waals surface area contributed by atoms with Gasteiger partial charge in [0, 0.05) is 36.0 Å². The number of oxazole rings is 1. The second-order valence-corrected chi connectivity index (χ2v) is 7.84. The van der Waals surface area contributed by atoms with Gasteiger partial charge in [0.2, 0.25) is 11.8 Å². The standard InChI is InChI=1S/C19H20ClN5O3/c20-13-3-4-14-15(9-13)27-19(22-14)25-7-5-12(6-8-25)18(26)21-10-16-23-17(24-28-16)11-1-2-11/h3-4,9,11-12H,1-2,5-8,10H2,(H,21,26). The maximum absolute atomic E-state index is 12.5. The van der Waals surface area contributed by atoms with Crippen LogP contribution in [-0.4, -0.2) is 34.1 Å².